The average Bonchev–Trinajstić information content (AvgIpc) is 2.75. The van der Waals surface area contributed by atoms with Crippen LogP contribution in [0.15, 0.2) is 15.6 Å². The molecule has 0 aliphatic carbocycles. The molecule has 78 valence electrons. The summed E-state index contributed by atoms with van der Waals surface area (Å²) in [4.78, 5) is 22.3. The maximum Gasteiger partial charge on any atom is 0.265 e. The molecule has 0 radical (unpaired) electrons. The summed E-state index contributed by atoms with van der Waals surface area (Å²) in [5.41, 5.74) is 0.485. The Labute approximate surface area is 93.3 Å². The third-order valence-corrected chi connectivity index (χ3v) is 2.72. The first-order valence-corrected chi connectivity index (χ1v) is 5.16. The zero-order valence-electron chi connectivity index (χ0n) is 7.91. The van der Waals surface area contributed by atoms with Crippen LogP contribution in [0.5, 0.6) is 0 Å². The molecule has 2 aromatic rings. The van der Waals surface area contributed by atoms with E-state index in [9.17, 15) is 4.79 Å². The van der Waals surface area contributed by atoms with Gasteiger partial charge in [0.05, 0.1) is 5.69 Å². The topological polar surface area (TPSA) is 87.3 Å². The van der Waals surface area contributed by atoms with Crippen molar-refractivity contribution in [1.29, 1.82) is 0 Å². The number of aromatic amines is 2. The molecule has 0 aromatic carbocycles. The van der Waals surface area contributed by atoms with E-state index in [0.717, 1.165) is 0 Å². The number of nitrogens with zero attached hydrogens (tertiary/aromatic N) is 3. The number of hydrogen-bond acceptors (Lipinski definition) is 4. The standard InChI is InChI=1S/C8H8BrN5O/c1-2-4-5(9)8(15)13-7(12-4)6-10-3-11-14-6/h3H,2H2,1H3,(H,10,11,14)(H,12,13,15). The van der Waals surface area contributed by atoms with Crippen molar-refractivity contribution in [3.8, 4) is 11.6 Å². The van der Waals surface area contributed by atoms with E-state index in [2.05, 4.69) is 41.1 Å². The van der Waals surface area contributed by atoms with Gasteiger partial charge in [-0.1, -0.05) is 6.92 Å². The summed E-state index contributed by atoms with van der Waals surface area (Å²) in [6, 6.07) is 0. The first-order valence-electron chi connectivity index (χ1n) is 4.36. The van der Waals surface area contributed by atoms with E-state index in [-0.39, 0.29) is 5.56 Å². The van der Waals surface area contributed by atoms with Crippen molar-refractivity contribution < 1.29 is 0 Å². The van der Waals surface area contributed by atoms with Crippen molar-refractivity contribution in [2.24, 2.45) is 0 Å². The second-order valence-corrected chi connectivity index (χ2v) is 3.66. The zero-order chi connectivity index (χ0) is 10.8. The van der Waals surface area contributed by atoms with Gasteiger partial charge in [-0.15, -0.1) is 0 Å². The molecule has 0 amide bonds. The molecule has 2 aromatic heterocycles. The molecule has 0 aliphatic heterocycles. The highest BCUT2D eigenvalue weighted by molar-refractivity contribution is 9.10. The first-order chi connectivity index (χ1) is 7.22. The van der Waals surface area contributed by atoms with Crippen LogP contribution in [0.1, 0.15) is 12.6 Å². The van der Waals surface area contributed by atoms with Crippen LogP contribution in [0.25, 0.3) is 11.6 Å². The van der Waals surface area contributed by atoms with Gasteiger partial charge in [0.1, 0.15) is 10.8 Å². The summed E-state index contributed by atoms with van der Waals surface area (Å²) in [6.07, 6.45) is 2.04. The number of halogens is 1. The lowest BCUT2D eigenvalue weighted by Gasteiger charge is -2.01. The molecule has 0 saturated heterocycles. The van der Waals surface area contributed by atoms with Crippen molar-refractivity contribution in [2.75, 3.05) is 0 Å². The van der Waals surface area contributed by atoms with E-state index in [0.29, 0.717) is 28.2 Å². The van der Waals surface area contributed by atoms with Crippen LogP contribution in [0.2, 0.25) is 0 Å². The Balaban J connectivity index is 2.61. The third kappa shape index (κ3) is 1.82. The van der Waals surface area contributed by atoms with Crippen LogP contribution in [-0.2, 0) is 6.42 Å². The van der Waals surface area contributed by atoms with Crippen LogP contribution in [-0.4, -0.2) is 25.1 Å². The minimum Gasteiger partial charge on any atom is -0.303 e. The maximum absolute atomic E-state index is 11.5. The van der Waals surface area contributed by atoms with Crippen molar-refractivity contribution in [3.63, 3.8) is 0 Å². The second kappa shape index (κ2) is 3.93. The minimum atomic E-state index is -0.215. The van der Waals surface area contributed by atoms with Crippen molar-refractivity contribution in [2.45, 2.75) is 13.3 Å². The fourth-order valence-electron chi connectivity index (χ4n) is 1.17. The van der Waals surface area contributed by atoms with E-state index in [1.807, 2.05) is 6.92 Å². The van der Waals surface area contributed by atoms with Crippen LogP contribution in [0, 0.1) is 0 Å². The van der Waals surface area contributed by atoms with Gasteiger partial charge < -0.3 is 4.98 Å². The highest BCUT2D eigenvalue weighted by Crippen LogP contribution is 2.13. The number of rotatable bonds is 2. The van der Waals surface area contributed by atoms with Crippen molar-refractivity contribution in [1.82, 2.24) is 25.1 Å². The molecule has 0 spiro atoms. The van der Waals surface area contributed by atoms with Gasteiger partial charge in [0.2, 0.25) is 0 Å². The van der Waals surface area contributed by atoms with Gasteiger partial charge in [0.15, 0.2) is 11.6 Å². The quantitative estimate of drug-likeness (QED) is 0.847. The molecular formula is C8H8BrN5O. The lowest BCUT2D eigenvalue weighted by molar-refractivity contribution is 0.953. The smallest absolute Gasteiger partial charge is 0.265 e. The summed E-state index contributed by atoms with van der Waals surface area (Å²) < 4.78 is 0.466. The molecular weight excluding hydrogens is 262 g/mol. The van der Waals surface area contributed by atoms with E-state index in [1.165, 1.54) is 6.33 Å². The molecule has 2 N–H and O–H groups in total. The van der Waals surface area contributed by atoms with Crippen LogP contribution >= 0.6 is 15.9 Å². The SMILES string of the molecule is CCc1nc(-c2ncn[nH]2)[nH]c(=O)c1Br. The Kier molecular flexibility index (Phi) is 2.63. The number of aryl methyl sites for hydroxylation is 1. The number of aromatic nitrogens is 5. The predicted molar refractivity (Wildman–Crippen MR) is 57.3 cm³/mol. The summed E-state index contributed by atoms with van der Waals surface area (Å²) >= 11 is 3.19. The van der Waals surface area contributed by atoms with Gasteiger partial charge >= 0.3 is 0 Å². The highest BCUT2D eigenvalue weighted by atomic mass is 79.9. The van der Waals surface area contributed by atoms with Gasteiger partial charge in [-0.05, 0) is 22.4 Å². The lowest BCUT2D eigenvalue weighted by Crippen LogP contribution is -2.13. The Morgan fingerprint density at radius 1 is 1.47 bits per heavy atom. The van der Waals surface area contributed by atoms with E-state index >= 15 is 0 Å². The normalized spacial score (nSPS) is 10.5. The molecule has 0 unspecified atom stereocenters. The van der Waals surface area contributed by atoms with Gasteiger partial charge in [-0.2, -0.15) is 5.10 Å². The first kappa shape index (κ1) is 10.0. The summed E-state index contributed by atoms with van der Waals surface area (Å²) in [6.45, 7) is 1.93. The monoisotopic (exact) mass is 269 g/mol. The fraction of sp³-hybridized carbons (Fsp3) is 0.250. The molecule has 0 atom stereocenters. The maximum atomic E-state index is 11.5. The van der Waals surface area contributed by atoms with Crippen molar-refractivity contribution in [3.05, 3.63) is 26.8 Å². The van der Waals surface area contributed by atoms with Crippen molar-refractivity contribution >= 4 is 15.9 Å². The van der Waals surface area contributed by atoms with Gasteiger partial charge in [0.25, 0.3) is 5.56 Å². The molecule has 0 fully saturated rings. The molecule has 15 heavy (non-hydrogen) atoms. The average molecular weight is 270 g/mol. The number of H-pyrrole nitrogens is 2. The molecule has 6 nitrogen and oxygen atoms in total. The Morgan fingerprint density at radius 2 is 2.27 bits per heavy atom. The molecule has 2 heterocycles. The summed E-state index contributed by atoms with van der Waals surface area (Å²) in [5.74, 6) is 0.854. The van der Waals surface area contributed by atoms with Crippen LogP contribution in [0.4, 0.5) is 0 Å². The summed E-state index contributed by atoms with van der Waals surface area (Å²) in [5, 5.41) is 6.34. The lowest BCUT2D eigenvalue weighted by atomic mass is 10.3. The molecule has 0 aliphatic rings. The Hall–Kier alpha value is -1.50. The number of hydrogen-bond donors (Lipinski definition) is 2. The van der Waals surface area contributed by atoms with Crippen LogP contribution in [0.3, 0.4) is 0 Å². The molecule has 0 bridgehead atoms. The number of nitrogens with one attached hydrogen (secondary N) is 2. The van der Waals surface area contributed by atoms with E-state index < -0.39 is 0 Å². The molecule has 2 rings (SSSR count). The summed E-state index contributed by atoms with van der Waals surface area (Å²) in [7, 11) is 0. The highest BCUT2D eigenvalue weighted by Gasteiger charge is 2.10. The van der Waals surface area contributed by atoms with Gasteiger partial charge in [0, 0.05) is 0 Å². The zero-order valence-corrected chi connectivity index (χ0v) is 9.50. The van der Waals surface area contributed by atoms with Crippen LogP contribution < -0.4 is 5.56 Å². The largest absolute Gasteiger partial charge is 0.303 e. The van der Waals surface area contributed by atoms with Gasteiger partial charge in [-0.3, -0.25) is 9.89 Å². The minimum absolute atomic E-state index is 0.215. The Bertz CT molecular complexity index is 518. The third-order valence-electron chi connectivity index (χ3n) is 1.91. The van der Waals surface area contributed by atoms with Gasteiger partial charge in [-0.25, -0.2) is 9.97 Å². The molecule has 0 saturated carbocycles. The predicted octanol–water partition coefficient (Wildman–Crippen LogP) is 0.880. The fourth-order valence-corrected chi connectivity index (χ4v) is 1.64. The Morgan fingerprint density at radius 3 is 2.87 bits per heavy atom. The molecule has 7 heteroatoms. The van der Waals surface area contributed by atoms with E-state index in [4.69, 9.17) is 0 Å². The second-order valence-electron chi connectivity index (χ2n) is 2.86. The van der Waals surface area contributed by atoms with E-state index in [1.54, 1.807) is 0 Å².